The number of nitrogens with zero attached hydrogens (tertiary/aromatic N) is 1. The molecule has 6 heteroatoms. The van der Waals surface area contributed by atoms with Crippen LogP contribution in [0.2, 0.25) is 0 Å². The summed E-state index contributed by atoms with van der Waals surface area (Å²) in [7, 11) is 0. The quantitative estimate of drug-likeness (QED) is 0.683. The van der Waals surface area contributed by atoms with Gasteiger partial charge in [0.25, 0.3) is 5.91 Å². The van der Waals surface area contributed by atoms with Crippen LogP contribution in [0.3, 0.4) is 0 Å². The van der Waals surface area contributed by atoms with Crippen LogP contribution in [-0.2, 0) is 4.79 Å². The summed E-state index contributed by atoms with van der Waals surface area (Å²) in [5.41, 5.74) is 1.58. The minimum Gasteiger partial charge on any atom is -0.459 e. The van der Waals surface area contributed by atoms with Crippen molar-refractivity contribution in [1.29, 1.82) is 0 Å². The van der Waals surface area contributed by atoms with E-state index in [2.05, 4.69) is 15.6 Å². The first kappa shape index (κ1) is 15.7. The average Bonchev–Trinajstić information content (AvgIpc) is 3.14. The summed E-state index contributed by atoms with van der Waals surface area (Å²) in [6.45, 7) is 0.407. The molecule has 0 bridgehead atoms. The number of aromatic nitrogens is 1. The second-order valence-corrected chi connectivity index (χ2v) is 5.26. The van der Waals surface area contributed by atoms with Crippen LogP contribution < -0.4 is 10.6 Å². The van der Waals surface area contributed by atoms with E-state index < -0.39 is 0 Å². The molecule has 3 aromatic rings. The molecule has 0 saturated heterocycles. The lowest BCUT2D eigenvalue weighted by Gasteiger charge is -2.08. The van der Waals surface area contributed by atoms with E-state index in [-0.39, 0.29) is 17.6 Å². The summed E-state index contributed by atoms with van der Waals surface area (Å²) in [6, 6.07) is 12.6. The van der Waals surface area contributed by atoms with Crippen LogP contribution in [0.4, 0.5) is 5.69 Å². The van der Waals surface area contributed by atoms with Crippen molar-refractivity contribution in [3.05, 3.63) is 60.7 Å². The minimum absolute atomic E-state index is 0.0985. The molecule has 0 spiro atoms. The highest BCUT2D eigenvalue weighted by molar-refractivity contribution is 6.00. The van der Waals surface area contributed by atoms with Gasteiger partial charge in [-0.05, 0) is 42.8 Å². The van der Waals surface area contributed by atoms with E-state index in [4.69, 9.17) is 4.42 Å². The molecular formula is C18H17N3O3. The number of benzene rings is 1. The third-order valence-corrected chi connectivity index (χ3v) is 3.53. The summed E-state index contributed by atoms with van der Waals surface area (Å²) < 4.78 is 5.00. The maximum atomic E-state index is 12.1. The molecule has 1 aromatic carbocycles. The summed E-state index contributed by atoms with van der Waals surface area (Å²) in [6.07, 6.45) is 4.02. The topological polar surface area (TPSA) is 84.2 Å². The van der Waals surface area contributed by atoms with Crippen molar-refractivity contribution < 1.29 is 14.0 Å². The molecule has 0 aliphatic carbocycles. The fraction of sp³-hybridized carbons (Fsp3) is 0.167. The van der Waals surface area contributed by atoms with Crippen LogP contribution in [0.5, 0.6) is 0 Å². The Morgan fingerprint density at radius 1 is 1.08 bits per heavy atom. The van der Waals surface area contributed by atoms with Gasteiger partial charge < -0.3 is 15.1 Å². The second-order valence-electron chi connectivity index (χ2n) is 5.26. The summed E-state index contributed by atoms with van der Waals surface area (Å²) in [4.78, 5) is 28.0. The van der Waals surface area contributed by atoms with E-state index in [1.54, 1.807) is 18.3 Å². The number of hydrogen-bond acceptors (Lipinski definition) is 4. The van der Waals surface area contributed by atoms with Crippen molar-refractivity contribution in [1.82, 2.24) is 10.3 Å². The number of amides is 2. The number of hydrogen-bond donors (Lipinski definition) is 2. The molecule has 0 unspecified atom stereocenters. The standard InChI is InChI=1S/C18H17N3O3/c22-17(9-3-11-20-18(23)16-8-4-12-24-16)21-15-7-1-6-14-13(15)5-2-10-19-14/h1-2,4-8,10,12H,3,9,11H2,(H,20,23)(H,21,22). The molecule has 2 heterocycles. The molecule has 6 nitrogen and oxygen atoms in total. The Morgan fingerprint density at radius 3 is 2.83 bits per heavy atom. The van der Waals surface area contributed by atoms with E-state index in [1.807, 2.05) is 30.3 Å². The van der Waals surface area contributed by atoms with E-state index in [1.165, 1.54) is 6.26 Å². The Bertz CT molecular complexity index is 838. The van der Waals surface area contributed by atoms with E-state index >= 15 is 0 Å². The monoisotopic (exact) mass is 323 g/mol. The molecule has 0 aliphatic heterocycles. The zero-order valence-corrected chi connectivity index (χ0v) is 13.0. The molecule has 122 valence electrons. The highest BCUT2D eigenvalue weighted by Crippen LogP contribution is 2.21. The summed E-state index contributed by atoms with van der Waals surface area (Å²) >= 11 is 0. The fourth-order valence-corrected chi connectivity index (χ4v) is 2.37. The maximum Gasteiger partial charge on any atom is 0.286 e. The van der Waals surface area contributed by atoms with E-state index in [0.717, 1.165) is 16.6 Å². The minimum atomic E-state index is -0.277. The largest absolute Gasteiger partial charge is 0.459 e. The van der Waals surface area contributed by atoms with Gasteiger partial charge in [0.15, 0.2) is 5.76 Å². The summed E-state index contributed by atoms with van der Waals surface area (Å²) in [5.74, 6) is -0.109. The van der Waals surface area contributed by atoms with Crippen LogP contribution in [-0.4, -0.2) is 23.3 Å². The number of pyridine rings is 1. The Balaban J connectivity index is 1.48. The normalized spacial score (nSPS) is 10.5. The van der Waals surface area contributed by atoms with Crippen molar-refractivity contribution in [2.45, 2.75) is 12.8 Å². The first-order valence-electron chi connectivity index (χ1n) is 7.69. The van der Waals surface area contributed by atoms with Gasteiger partial charge in [-0.3, -0.25) is 14.6 Å². The Morgan fingerprint density at radius 2 is 2.00 bits per heavy atom. The fourth-order valence-electron chi connectivity index (χ4n) is 2.37. The van der Waals surface area contributed by atoms with Gasteiger partial charge >= 0.3 is 0 Å². The molecule has 2 aromatic heterocycles. The predicted octanol–water partition coefficient (Wildman–Crippen LogP) is 2.98. The molecule has 0 fully saturated rings. The Labute approximate surface area is 138 Å². The van der Waals surface area contributed by atoms with Crippen molar-refractivity contribution >= 4 is 28.4 Å². The van der Waals surface area contributed by atoms with Gasteiger partial charge in [-0.15, -0.1) is 0 Å². The molecule has 24 heavy (non-hydrogen) atoms. The van der Waals surface area contributed by atoms with Gasteiger partial charge in [-0.25, -0.2) is 0 Å². The number of carbonyl (C=O) groups is 2. The van der Waals surface area contributed by atoms with Gasteiger partial charge in [-0.1, -0.05) is 6.07 Å². The number of fused-ring (bicyclic) bond motifs is 1. The lowest BCUT2D eigenvalue weighted by molar-refractivity contribution is -0.116. The smallest absolute Gasteiger partial charge is 0.286 e. The molecule has 2 N–H and O–H groups in total. The van der Waals surface area contributed by atoms with Gasteiger partial charge in [-0.2, -0.15) is 0 Å². The van der Waals surface area contributed by atoms with Crippen LogP contribution in [0.25, 0.3) is 10.9 Å². The van der Waals surface area contributed by atoms with Gasteiger partial charge in [0, 0.05) is 24.5 Å². The average molecular weight is 323 g/mol. The van der Waals surface area contributed by atoms with Gasteiger partial charge in [0.1, 0.15) is 0 Å². The zero-order valence-electron chi connectivity index (χ0n) is 13.0. The molecule has 0 radical (unpaired) electrons. The lowest BCUT2D eigenvalue weighted by atomic mass is 10.1. The first-order valence-corrected chi connectivity index (χ1v) is 7.69. The number of nitrogens with one attached hydrogen (secondary N) is 2. The van der Waals surface area contributed by atoms with Crippen LogP contribution >= 0.6 is 0 Å². The van der Waals surface area contributed by atoms with E-state index in [9.17, 15) is 9.59 Å². The predicted molar refractivity (Wildman–Crippen MR) is 90.6 cm³/mol. The van der Waals surface area contributed by atoms with Gasteiger partial charge in [0.05, 0.1) is 17.5 Å². The molecular weight excluding hydrogens is 306 g/mol. The zero-order chi connectivity index (χ0) is 16.8. The lowest BCUT2D eigenvalue weighted by Crippen LogP contribution is -2.25. The molecule has 3 rings (SSSR count). The number of anilines is 1. The number of furan rings is 1. The Hall–Kier alpha value is -3.15. The highest BCUT2D eigenvalue weighted by Gasteiger charge is 2.09. The highest BCUT2D eigenvalue weighted by atomic mass is 16.3. The molecule has 0 aliphatic rings. The van der Waals surface area contributed by atoms with E-state index in [0.29, 0.717) is 19.4 Å². The summed E-state index contributed by atoms with van der Waals surface area (Å²) in [5, 5.41) is 6.50. The molecule has 0 atom stereocenters. The van der Waals surface area contributed by atoms with Crippen molar-refractivity contribution in [2.75, 3.05) is 11.9 Å². The number of rotatable bonds is 6. The van der Waals surface area contributed by atoms with Crippen molar-refractivity contribution in [2.24, 2.45) is 0 Å². The third-order valence-electron chi connectivity index (χ3n) is 3.53. The maximum absolute atomic E-state index is 12.1. The van der Waals surface area contributed by atoms with Gasteiger partial charge in [0.2, 0.25) is 5.91 Å². The number of carbonyl (C=O) groups excluding carboxylic acids is 2. The molecule has 2 amide bonds. The van der Waals surface area contributed by atoms with Crippen molar-refractivity contribution in [3.8, 4) is 0 Å². The van der Waals surface area contributed by atoms with Crippen molar-refractivity contribution in [3.63, 3.8) is 0 Å². The first-order chi connectivity index (χ1) is 11.7. The SMILES string of the molecule is O=C(CCCNC(=O)c1ccco1)Nc1cccc2ncccc12. The van der Waals surface area contributed by atoms with Crippen LogP contribution in [0, 0.1) is 0 Å². The third kappa shape index (κ3) is 3.78. The molecule has 0 saturated carbocycles. The van der Waals surface area contributed by atoms with Crippen LogP contribution in [0.15, 0.2) is 59.3 Å². The van der Waals surface area contributed by atoms with Crippen LogP contribution in [0.1, 0.15) is 23.4 Å². The second kappa shape index (κ2) is 7.41. The Kier molecular flexibility index (Phi) is 4.86.